The van der Waals surface area contributed by atoms with Crippen LogP contribution in [0.2, 0.25) is 5.02 Å². The molecule has 3 nitrogen and oxygen atoms in total. The number of aliphatic carboxylic acids is 1. The molecule has 0 heterocycles. The highest BCUT2D eigenvalue weighted by molar-refractivity contribution is 6.30. The van der Waals surface area contributed by atoms with Crippen LogP contribution in [0.3, 0.4) is 0 Å². The van der Waals surface area contributed by atoms with Crippen molar-refractivity contribution in [1.82, 2.24) is 0 Å². The quantitative estimate of drug-likeness (QED) is 0.862. The van der Waals surface area contributed by atoms with Gasteiger partial charge in [0.2, 0.25) is 0 Å². The molecule has 1 atom stereocenters. The van der Waals surface area contributed by atoms with Crippen molar-refractivity contribution >= 4 is 17.6 Å². The second-order valence-corrected chi connectivity index (χ2v) is 4.01. The Morgan fingerprint density at radius 3 is 2.27 bits per heavy atom. The maximum Gasteiger partial charge on any atom is 0.345 e. The van der Waals surface area contributed by atoms with E-state index in [0.717, 1.165) is 0 Å². The third kappa shape index (κ3) is 3.44. The van der Waals surface area contributed by atoms with E-state index in [1.807, 2.05) is 0 Å². The standard InChI is InChI=1S/C11H13ClO3/c1-7(2)10(11(13)14)15-9-5-3-8(12)4-6-9/h3-7,10H,1-2H3,(H,13,14). The Kier molecular flexibility index (Phi) is 3.97. The lowest BCUT2D eigenvalue weighted by molar-refractivity contribution is -0.147. The molecule has 0 amide bonds. The molecule has 0 bridgehead atoms. The van der Waals surface area contributed by atoms with E-state index in [4.69, 9.17) is 21.4 Å². The second-order valence-electron chi connectivity index (χ2n) is 3.57. The van der Waals surface area contributed by atoms with Gasteiger partial charge in [0.1, 0.15) is 5.75 Å². The second kappa shape index (κ2) is 5.03. The van der Waals surface area contributed by atoms with Crippen molar-refractivity contribution in [2.24, 2.45) is 5.92 Å². The van der Waals surface area contributed by atoms with Crippen LogP contribution in [0.25, 0.3) is 0 Å². The number of carboxylic acid groups (broad SMARTS) is 1. The minimum absolute atomic E-state index is 0.0850. The van der Waals surface area contributed by atoms with Gasteiger partial charge in [-0.15, -0.1) is 0 Å². The first-order valence-electron chi connectivity index (χ1n) is 4.65. The fraction of sp³-hybridized carbons (Fsp3) is 0.364. The van der Waals surface area contributed by atoms with Gasteiger partial charge in [0.15, 0.2) is 6.10 Å². The van der Waals surface area contributed by atoms with Crippen LogP contribution in [0.15, 0.2) is 24.3 Å². The molecule has 0 saturated carbocycles. The molecule has 1 aromatic carbocycles. The molecule has 0 aliphatic carbocycles. The van der Waals surface area contributed by atoms with Crippen LogP contribution in [0, 0.1) is 5.92 Å². The van der Waals surface area contributed by atoms with Crippen molar-refractivity contribution in [3.8, 4) is 5.75 Å². The molecule has 0 fully saturated rings. The molecule has 15 heavy (non-hydrogen) atoms. The first-order valence-corrected chi connectivity index (χ1v) is 5.03. The fourth-order valence-electron chi connectivity index (χ4n) is 1.13. The average Bonchev–Trinajstić information content (AvgIpc) is 2.15. The Bertz CT molecular complexity index is 332. The van der Waals surface area contributed by atoms with Gasteiger partial charge < -0.3 is 9.84 Å². The molecule has 0 saturated heterocycles. The molecule has 0 aliphatic rings. The number of carboxylic acids is 1. The van der Waals surface area contributed by atoms with E-state index < -0.39 is 12.1 Å². The largest absolute Gasteiger partial charge is 0.478 e. The van der Waals surface area contributed by atoms with E-state index in [0.29, 0.717) is 10.8 Å². The first-order chi connectivity index (χ1) is 7.00. The van der Waals surface area contributed by atoms with Crippen LogP contribution in [0.4, 0.5) is 0 Å². The predicted octanol–water partition coefficient (Wildman–Crippen LogP) is 2.83. The maximum atomic E-state index is 10.9. The molecule has 0 aromatic heterocycles. The van der Waals surface area contributed by atoms with Crippen LogP contribution in [0.5, 0.6) is 5.75 Å². The smallest absolute Gasteiger partial charge is 0.345 e. The summed E-state index contributed by atoms with van der Waals surface area (Å²) in [5.74, 6) is -0.529. The Balaban J connectivity index is 2.74. The summed E-state index contributed by atoms with van der Waals surface area (Å²) in [5.41, 5.74) is 0. The third-order valence-electron chi connectivity index (χ3n) is 1.93. The van der Waals surface area contributed by atoms with Gasteiger partial charge in [0.05, 0.1) is 0 Å². The van der Waals surface area contributed by atoms with Gasteiger partial charge in [-0.25, -0.2) is 4.79 Å². The number of rotatable bonds is 4. The van der Waals surface area contributed by atoms with Gasteiger partial charge in [0, 0.05) is 10.9 Å². The summed E-state index contributed by atoms with van der Waals surface area (Å²) in [4.78, 5) is 10.9. The van der Waals surface area contributed by atoms with Gasteiger partial charge in [-0.1, -0.05) is 25.4 Å². The summed E-state index contributed by atoms with van der Waals surface area (Å²) in [7, 11) is 0. The lowest BCUT2D eigenvalue weighted by Crippen LogP contribution is -2.32. The van der Waals surface area contributed by atoms with Crippen molar-refractivity contribution in [1.29, 1.82) is 0 Å². The van der Waals surface area contributed by atoms with Crippen molar-refractivity contribution in [2.75, 3.05) is 0 Å². The fourth-order valence-corrected chi connectivity index (χ4v) is 1.26. The summed E-state index contributed by atoms with van der Waals surface area (Å²) in [6.07, 6.45) is -0.828. The van der Waals surface area contributed by atoms with Gasteiger partial charge in [-0.3, -0.25) is 0 Å². The molecule has 4 heteroatoms. The van der Waals surface area contributed by atoms with E-state index in [-0.39, 0.29) is 5.92 Å². The number of hydrogen-bond acceptors (Lipinski definition) is 2. The zero-order valence-electron chi connectivity index (χ0n) is 8.61. The lowest BCUT2D eigenvalue weighted by Gasteiger charge is -2.18. The van der Waals surface area contributed by atoms with Crippen LogP contribution in [-0.4, -0.2) is 17.2 Å². The number of ether oxygens (including phenoxy) is 1. The van der Waals surface area contributed by atoms with Crippen molar-refractivity contribution in [3.63, 3.8) is 0 Å². The molecule has 0 aliphatic heterocycles. The predicted molar refractivity (Wildman–Crippen MR) is 58.3 cm³/mol. The van der Waals surface area contributed by atoms with E-state index in [1.54, 1.807) is 38.1 Å². The summed E-state index contributed by atoms with van der Waals surface area (Å²) in [6, 6.07) is 6.63. The Hall–Kier alpha value is -1.22. The van der Waals surface area contributed by atoms with Crippen LogP contribution >= 0.6 is 11.6 Å². The minimum Gasteiger partial charge on any atom is -0.478 e. The Labute approximate surface area is 93.6 Å². The molecular formula is C11H13ClO3. The number of benzene rings is 1. The van der Waals surface area contributed by atoms with E-state index in [1.165, 1.54) is 0 Å². The molecular weight excluding hydrogens is 216 g/mol. The molecule has 1 rings (SSSR count). The van der Waals surface area contributed by atoms with E-state index in [9.17, 15) is 4.79 Å². The summed E-state index contributed by atoms with van der Waals surface area (Å²) >= 11 is 5.70. The minimum atomic E-state index is -0.958. The monoisotopic (exact) mass is 228 g/mol. The van der Waals surface area contributed by atoms with Gasteiger partial charge in [-0.2, -0.15) is 0 Å². The summed E-state index contributed by atoms with van der Waals surface area (Å²) < 4.78 is 5.33. The zero-order chi connectivity index (χ0) is 11.4. The third-order valence-corrected chi connectivity index (χ3v) is 2.18. The highest BCUT2D eigenvalue weighted by atomic mass is 35.5. The molecule has 82 valence electrons. The van der Waals surface area contributed by atoms with Crippen molar-refractivity contribution < 1.29 is 14.6 Å². The molecule has 1 aromatic rings. The van der Waals surface area contributed by atoms with Crippen LogP contribution in [0.1, 0.15) is 13.8 Å². The highest BCUT2D eigenvalue weighted by Crippen LogP contribution is 2.19. The Morgan fingerprint density at radius 2 is 1.87 bits per heavy atom. The number of carbonyl (C=O) groups is 1. The Morgan fingerprint density at radius 1 is 1.33 bits per heavy atom. The maximum absolute atomic E-state index is 10.9. The van der Waals surface area contributed by atoms with Gasteiger partial charge in [-0.05, 0) is 24.3 Å². The molecule has 1 N–H and O–H groups in total. The molecule has 1 unspecified atom stereocenters. The van der Waals surface area contributed by atoms with Crippen molar-refractivity contribution in [3.05, 3.63) is 29.3 Å². The van der Waals surface area contributed by atoms with E-state index >= 15 is 0 Å². The first kappa shape index (κ1) is 11.9. The van der Waals surface area contributed by atoms with Crippen LogP contribution < -0.4 is 4.74 Å². The lowest BCUT2D eigenvalue weighted by atomic mass is 10.1. The average molecular weight is 229 g/mol. The van der Waals surface area contributed by atoms with Gasteiger partial charge in [0.25, 0.3) is 0 Å². The SMILES string of the molecule is CC(C)C(Oc1ccc(Cl)cc1)C(=O)O. The zero-order valence-corrected chi connectivity index (χ0v) is 9.36. The van der Waals surface area contributed by atoms with Gasteiger partial charge >= 0.3 is 5.97 Å². The normalized spacial score (nSPS) is 12.5. The topological polar surface area (TPSA) is 46.5 Å². The van der Waals surface area contributed by atoms with Crippen molar-refractivity contribution in [2.45, 2.75) is 20.0 Å². The number of hydrogen-bond donors (Lipinski definition) is 1. The van der Waals surface area contributed by atoms with Crippen LogP contribution in [-0.2, 0) is 4.79 Å². The summed E-state index contributed by atoms with van der Waals surface area (Å²) in [5, 5.41) is 9.50. The molecule has 0 spiro atoms. The number of halogens is 1. The highest BCUT2D eigenvalue weighted by Gasteiger charge is 2.23. The van der Waals surface area contributed by atoms with E-state index in [2.05, 4.69) is 0 Å². The molecule has 0 radical (unpaired) electrons. The summed E-state index contributed by atoms with van der Waals surface area (Å²) in [6.45, 7) is 3.60.